The molecule has 0 aliphatic heterocycles. The van der Waals surface area contributed by atoms with Gasteiger partial charge in [-0.05, 0) is 36.5 Å². The van der Waals surface area contributed by atoms with Crippen molar-refractivity contribution in [2.45, 2.75) is 45.2 Å². The smallest absolute Gasteiger partial charge is 0.312 e. The SMILES string of the molecule is CC1CCCCC1N(C)C(=O)c1ccc(CNC(N)=O)cc1. The van der Waals surface area contributed by atoms with Crippen LogP contribution in [0.5, 0.6) is 0 Å². The number of benzene rings is 1. The maximum absolute atomic E-state index is 12.6. The van der Waals surface area contributed by atoms with Gasteiger partial charge in [-0.15, -0.1) is 0 Å². The number of nitrogens with one attached hydrogen (secondary N) is 1. The van der Waals surface area contributed by atoms with Crippen molar-refractivity contribution in [2.24, 2.45) is 11.7 Å². The van der Waals surface area contributed by atoms with Gasteiger partial charge in [-0.3, -0.25) is 4.79 Å². The maximum Gasteiger partial charge on any atom is 0.312 e. The van der Waals surface area contributed by atoms with Crippen LogP contribution >= 0.6 is 0 Å². The van der Waals surface area contributed by atoms with E-state index < -0.39 is 6.03 Å². The topological polar surface area (TPSA) is 75.4 Å². The minimum atomic E-state index is -0.550. The van der Waals surface area contributed by atoms with Crippen LogP contribution in [0.1, 0.15) is 48.5 Å². The van der Waals surface area contributed by atoms with Crippen molar-refractivity contribution in [1.29, 1.82) is 0 Å². The number of nitrogens with zero attached hydrogens (tertiary/aromatic N) is 1. The van der Waals surface area contributed by atoms with Crippen LogP contribution < -0.4 is 11.1 Å². The minimum Gasteiger partial charge on any atom is -0.352 e. The highest BCUT2D eigenvalue weighted by atomic mass is 16.2. The average Bonchev–Trinajstić information content (AvgIpc) is 2.52. The second-order valence-electron chi connectivity index (χ2n) is 6.16. The first-order valence-corrected chi connectivity index (χ1v) is 7.88. The summed E-state index contributed by atoms with van der Waals surface area (Å²) in [7, 11) is 1.90. The number of carbonyl (C=O) groups is 2. The molecule has 5 heteroatoms. The summed E-state index contributed by atoms with van der Waals surface area (Å²) in [5.74, 6) is 0.620. The monoisotopic (exact) mass is 303 g/mol. The average molecular weight is 303 g/mol. The molecule has 1 aromatic carbocycles. The Labute approximate surface area is 131 Å². The maximum atomic E-state index is 12.6. The quantitative estimate of drug-likeness (QED) is 0.896. The van der Waals surface area contributed by atoms with E-state index in [1.165, 1.54) is 19.3 Å². The Hall–Kier alpha value is -2.04. The Bertz CT molecular complexity index is 527. The molecule has 0 heterocycles. The predicted octanol–water partition coefficient (Wildman–Crippen LogP) is 2.51. The summed E-state index contributed by atoms with van der Waals surface area (Å²) in [5.41, 5.74) is 6.65. The lowest BCUT2D eigenvalue weighted by atomic mass is 9.85. The number of carbonyl (C=O) groups excluding carboxylic acids is 2. The number of nitrogens with two attached hydrogens (primary N) is 1. The summed E-state index contributed by atoms with van der Waals surface area (Å²) in [4.78, 5) is 25.2. The standard InChI is InChI=1S/C17H25N3O2/c1-12-5-3-4-6-15(12)20(2)16(21)14-9-7-13(8-10-14)11-19-17(18)22/h7-10,12,15H,3-6,11H2,1-2H3,(H3,18,19,22). The van der Waals surface area contributed by atoms with Gasteiger partial charge in [0.2, 0.25) is 0 Å². The molecule has 2 atom stereocenters. The molecule has 0 radical (unpaired) electrons. The third-order valence-electron chi connectivity index (χ3n) is 4.55. The second kappa shape index (κ2) is 7.29. The third kappa shape index (κ3) is 4.00. The van der Waals surface area contributed by atoms with E-state index in [1.54, 1.807) is 0 Å². The first kappa shape index (κ1) is 16.3. The van der Waals surface area contributed by atoms with E-state index in [4.69, 9.17) is 5.73 Å². The molecule has 5 nitrogen and oxygen atoms in total. The van der Waals surface area contributed by atoms with Gasteiger partial charge in [0, 0.05) is 25.2 Å². The van der Waals surface area contributed by atoms with Crippen molar-refractivity contribution in [3.63, 3.8) is 0 Å². The number of rotatable bonds is 4. The summed E-state index contributed by atoms with van der Waals surface area (Å²) in [6, 6.07) is 7.10. The van der Waals surface area contributed by atoms with E-state index in [-0.39, 0.29) is 5.91 Å². The van der Waals surface area contributed by atoms with Gasteiger partial charge in [-0.1, -0.05) is 31.9 Å². The number of hydrogen-bond acceptors (Lipinski definition) is 2. The van der Waals surface area contributed by atoms with Gasteiger partial charge < -0.3 is 16.0 Å². The zero-order valence-corrected chi connectivity index (χ0v) is 13.3. The highest BCUT2D eigenvalue weighted by Crippen LogP contribution is 2.28. The van der Waals surface area contributed by atoms with E-state index >= 15 is 0 Å². The van der Waals surface area contributed by atoms with Crippen molar-refractivity contribution in [1.82, 2.24) is 10.2 Å². The molecule has 0 spiro atoms. The lowest BCUT2D eigenvalue weighted by molar-refractivity contribution is 0.0629. The van der Waals surface area contributed by atoms with E-state index in [0.717, 1.165) is 12.0 Å². The molecule has 2 rings (SSSR count). The molecule has 0 bridgehead atoms. The largest absolute Gasteiger partial charge is 0.352 e. The summed E-state index contributed by atoms with van der Waals surface area (Å²) < 4.78 is 0. The van der Waals surface area contributed by atoms with E-state index in [0.29, 0.717) is 24.1 Å². The number of amides is 3. The molecule has 1 aliphatic carbocycles. The lowest BCUT2D eigenvalue weighted by Crippen LogP contribution is -2.42. The zero-order chi connectivity index (χ0) is 16.1. The van der Waals surface area contributed by atoms with E-state index in [2.05, 4.69) is 12.2 Å². The van der Waals surface area contributed by atoms with Crippen LogP contribution in [0.3, 0.4) is 0 Å². The fourth-order valence-electron chi connectivity index (χ4n) is 3.18. The Kier molecular flexibility index (Phi) is 5.41. The first-order chi connectivity index (χ1) is 10.5. The summed E-state index contributed by atoms with van der Waals surface area (Å²) in [6.07, 6.45) is 4.75. The predicted molar refractivity (Wildman–Crippen MR) is 86.4 cm³/mol. The molecule has 3 N–H and O–H groups in total. The van der Waals surface area contributed by atoms with Crippen molar-refractivity contribution in [2.75, 3.05) is 7.05 Å². The summed E-state index contributed by atoms with van der Waals surface area (Å²) in [5, 5.41) is 2.53. The normalized spacial score (nSPS) is 21.2. The Morgan fingerprint density at radius 2 is 1.86 bits per heavy atom. The van der Waals surface area contributed by atoms with Gasteiger partial charge in [0.15, 0.2) is 0 Å². The van der Waals surface area contributed by atoms with Crippen LogP contribution in [0.4, 0.5) is 4.79 Å². The molecule has 1 fully saturated rings. The van der Waals surface area contributed by atoms with Gasteiger partial charge in [0.05, 0.1) is 0 Å². The second-order valence-corrected chi connectivity index (χ2v) is 6.16. The molecule has 3 amide bonds. The molecule has 0 aromatic heterocycles. The fraction of sp³-hybridized carbons (Fsp3) is 0.529. The van der Waals surface area contributed by atoms with Gasteiger partial charge in [0.1, 0.15) is 0 Å². The van der Waals surface area contributed by atoms with Crippen LogP contribution in [0.15, 0.2) is 24.3 Å². The molecular formula is C17H25N3O2. The first-order valence-electron chi connectivity index (χ1n) is 7.88. The Morgan fingerprint density at radius 3 is 2.45 bits per heavy atom. The Morgan fingerprint density at radius 1 is 1.23 bits per heavy atom. The zero-order valence-electron chi connectivity index (χ0n) is 13.3. The molecule has 0 saturated heterocycles. The summed E-state index contributed by atoms with van der Waals surface area (Å²) in [6.45, 7) is 2.60. The highest BCUT2D eigenvalue weighted by molar-refractivity contribution is 5.94. The van der Waals surface area contributed by atoms with Gasteiger partial charge >= 0.3 is 6.03 Å². The third-order valence-corrected chi connectivity index (χ3v) is 4.55. The van der Waals surface area contributed by atoms with Crippen LogP contribution in [-0.2, 0) is 6.54 Å². The van der Waals surface area contributed by atoms with Crippen LogP contribution in [-0.4, -0.2) is 29.9 Å². The molecule has 120 valence electrons. The van der Waals surface area contributed by atoms with Crippen LogP contribution in [0, 0.1) is 5.92 Å². The summed E-state index contributed by atoms with van der Waals surface area (Å²) >= 11 is 0. The molecular weight excluding hydrogens is 278 g/mol. The molecule has 1 saturated carbocycles. The molecule has 2 unspecified atom stereocenters. The van der Waals surface area contributed by atoms with Gasteiger partial charge in [-0.25, -0.2) is 4.79 Å². The van der Waals surface area contributed by atoms with Crippen molar-refractivity contribution < 1.29 is 9.59 Å². The fourth-order valence-corrected chi connectivity index (χ4v) is 3.18. The van der Waals surface area contributed by atoms with Crippen LogP contribution in [0.2, 0.25) is 0 Å². The Balaban J connectivity index is 2.00. The molecule has 1 aliphatic rings. The highest BCUT2D eigenvalue weighted by Gasteiger charge is 2.28. The minimum absolute atomic E-state index is 0.0631. The number of hydrogen-bond donors (Lipinski definition) is 2. The van der Waals surface area contributed by atoms with Gasteiger partial charge in [0.25, 0.3) is 5.91 Å². The van der Waals surface area contributed by atoms with Crippen molar-refractivity contribution in [3.8, 4) is 0 Å². The molecule has 1 aromatic rings. The van der Waals surface area contributed by atoms with Crippen molar-refractivity contribution in [3.05, 3.63) is 35.4 Å². The van der Waals surface area contributed by atoms with E-state index in [1.807, 2.05) is 36.2 Å². The lowest BCUT2D eigenvalue weighted by Gasteiger charge is -2.36. The molecule has 22 heavy (non-hydrogen) atoms. The van der Waals surface area contributed by atoms with Gasteiger partial charge in [-0.2, -0.15) is 0 Å². The van der Waals surface area contributed by atoms with Crippen LogP contribution in [0.25, 0.3) is 0 Å². The number of primary amides is 1. The number of urea groups is 1. The van der Waals surface area contributed by atoms with E-state index in [9.17, 15) is 9.59 Å². The van der Waals surface area contributed by atoms with Crippen molar-refractivity contribution >= 4 is 11.9 Å².